The molecule has 5 rings (SSSR count). The summed E-state index contributed by atoms with van der Waals surface area (Å²) >= 11 is 7.47. The zero-order chi connectivity index (χ0) is 27.7. The van der Waals surface area contributed by atoms with Gasteiger partial charge >= 0.3 is 11.9 Å². The van der Waals surface area contributed by atoms with E-state index < -0.39 is 34.6 Å². The third kappa shape index (κ3) is 5.30. The molecule has 1 fully saturated rings. The molecule has 1 unspecified atom stereocenters. The summed E-state index contributed by atoms with van der Waals surface area (Å²) in [4.78, 5) is 33.5. The van der Waals surface area contributed by atoms with Crippen molar-refractivity contribution in [2.75, 3.05) is 6.61 Å². The van der Waals surface area contributed by atoms with Crippen molar-refractivity contribution in [1.29, 1.82) is 0 Å². The first kappa shape index (κ1) is 26.9. The van der Waals surface area contributed by atoms with Crippen molar-refractivity contribution in [2.24, 2.45) is 10.9 Å². The quantitative estimate of drug-likeness (QED) is 0.289. The van der Waals surface area contributed by atoms with Gasteiger partial charge in [0.05, 0.1) is 35.0 Å². The van der Waals surface area contributed by atoms with Gasteiger partial charge in [0.2, 0.25) is 0 Å². The lowest BCUT2D eigenvalue weighted by Crippen LogP contribution is -2.37. The minimum absolute atomic E-state index is 0.0189. The molecule has 0 bridgehead atoms. The van der Waals surface area contributed by atoms with Crippen LogP contribution in [0.25, 0.3) is 0 Å². The van der Waals surface area contributed by atoms with Gasteiger partial charge in [-0.3, -0.25) is 9.67 Å². The second-order valence-corrected chi connectivity index (χ2v) is 10.4. The van der Waals surface area contributed by atoms with Crippen LogP contribution in [0.5, 0.6) is 0 Å². The number of rotatable bonds is 7. The van der Waals surface area contributed by atoms with Crippen LogP contribution in [0.2, 0.25) is 5.02 Å². The first-order valence-electron chi connectivity index (χ1n) is 12.3. The maximum absolute atomic E-state index is 14.4. The molecule has 1 aliphatic heterocycles. The smallest absolute Gasteiger partial charge is 0.341 e. The highest BCUT2D eigenvalue weighted by Gasteiger charge is 2.38. The topological polar surface area (TPSA) is 119 Å². The average molecular weight is 576 g/mol. The van der Waals surface area contributed by atoms with Crippen LogP contribution in [0.15, 0.2) is 52.4 Å². The molecule has 0 spiro atoms. The Morgan fingerprint density at radius 1 is 1.26 bits per heavy atom. The maximum Gasteiger partial charge on any atom is 0.341 e. The van der Waals surface area contributed by atoms with Gasteiger partial charge in [-0.25, -0.2) is 23.4 Å². The van der Waals surface area contributed by atoms with E-state index in [4.69, 9.17) is 16.3 Å². The Kier molecular flexibility index (Phi) is 7.76. The largest absolute Gasteiger partial charge is 0.478 e. The number of hydrogen-bond donors (Lipinski definition) is 2. The number of allylic oxidation sites excluding steroid dienone is 1. The monoisotopic (exact) mass is 575 g/mol. The summed E-state index contributed by atoms with van der Waals surface area (Å²) < 4.78 is 35.0. The van der Waals surface area contributed by atoms with Gasteiger partial charge in [-0.2, -0.15) is 5.10 Å². The number of aromatic nitrogens is 3. The minimum atomic E-state index is -1.26. The van der Waals surface area contributed by atoms with Crippen molar-refractivity contribution in [3.05, 3.63) is 80.2 Å². The molecule has 2 aromatic heterocycles. The number of carboxylic acid groups (broad SMARTS) is 1. The number of halogens is 3. The van der Waals surface area contributed by atoms with Gasteiger partial charge in [0.15, 0.2) is 22.5 Å². The molecule has 2 N–H and O–H groups in total. The highest BCUT2D eigenvalue weighted by Crippen LogP contribution is 2.42. The summed E-state index contributed by atoms with van der Waals surface area (Å²) in [6, 6.07) is 1.02. The van der Waals surface area contributed by atoms with Crippen molar-refractivity contribution in [3.63, 3.8) is 0 Å². The van der Waals surface area contributed by atoms with E-state index in [-0.39, 0.29) is 29.7 Å². The number of carbonyl (C=O) groups is 2. The number of aliphatic imine (C=N–C) groups is 1. The SMILES string of the molecule is CCOC(=O)c1cnn(C2CCC(C3=C(C(=O)O)C(c4ccc(F)c(F)c4Cl)N=C(c4nccs4)N3)CC2)c1. The van der Waals surface area contributed by atoms with Crippen molar-refractivity contribution in [1.82, 2.24) is 20.1 Å². The van der Waals surface area contributed by atoms with Gasteiger partial charge in [0.25, 0.3) is 0 Å². The fraction of sp³-hybridized carbons (Fsp3) is 0.346. The number of thiazole rings is 1. The first-order chi connectivity index (χ1) is 18.8. The van der Waals surface area contributed by atoms with Crippen LogP contribution in [0.4, 0.5) is 8.78 Å². The Hall–Kier alpha value is -3.64. The molecule has 3 aromatic rings. The summed E-state index contributed by atoms with van der Waals surface area (Å²) in [6.45, 7) is 2.00. The predicted octanol–water partition coefficient (Wildman–Crippen LogP) is 5.31. The zero-order valence-corrected chi connectivity index (χ0v) is 22.3. The molecular weight excluding hydrogens is 552 g/mol. The van der Waals surface area contributed by atoms with Gasteiger partial charge in [-0.1, -0.05) is 17.7 Å². The van der Waals surface area contributed by atoms with E-state index in [0.717, 1.165) is 6.07 Å². The second kappa shape index (κ2) is 11.2. The number of ether oxygens (including phenoxy) is 1. The number of nitrogens with one attached hydrogen (secondary N) is 1. The number of carbonyl (C=O) groups excluding carboxylic acids is 1. The van der Waals surface area contributed by atoms with E-state index in [1.165, 1.54) is 23.6 Å². The summed E-state index contributed by atoms with van der Waals surface area (Å²) in [7, 11) is 0. The van der Waals surface area contributed by atoms with Gasteiger partial charge in [-0.15, -0.1) is 11.3 Å². The molecule has 2 aliphatic rings. The Balaban J connectivity index is 1.46. The highest BCUT2D eigenvalue weighted by atomic mass is 35.5. The normalized spacial score (nSPS) is 21.3. The lowest BCUT2D eigenvalue weighted by atomic mass is 9.80. The van der Waals surface area contributed by atoms with Gasteiger partial charge < -0.3 is 15.2 Å². The third-order valence-corrected chi connectivity index (χ3v) is 8.06. The molecule has 9 nitrogen and oxygen atoms in total. The van der Waals surface area contributed by atoms with Crippen molar-refractivity contribution in [3.8, 4) is 0 Å². The molecule has 13 heteroatoms. The van der Waals surface area contributed by atoms with Gasteiger partial charge in [-0.05, 0) is 44.6 Å². The van der Waals surface area contributed by atoms with Crippen LogP contribution in [-0.2, 0) is 9.53 Å². The number of esters is 1. The lowest BCUT2D eigenvalue weighted by Gasteiger charge is -2.35. The summed E-state index contributed by atoms with van der Waals surface area (Å²) in [5.41, 5.74) is 0.798. The number of amidine groups is 1. The van der Waals surface area contributed by atoms with Crippen LogP contribution in [0, 0.1) is 17.6 Å². The number of carboxylic acids is 1. The van der Waals surface area contributed by atoms with Crippen LogP contribution >= 0.6 is 22.9 Å². The fourth-order valence-electron chi connectivity index (χ4n) is 5.03. The van der Waals surface area contributed by atoms with Crippen LogP contribution in [0.3, 0.4) is 0 Å². The Morgan fingerprint density at radius 2 is 2.03 bits per heavy atom. The second-order valence-electron chi connectivity index (χ2n) is 9.17. The molecular formula is C26H24ClF2N5O4S. The van der Waals surface area contributed by atoms with E-state index in [1.807, 2.05) is 0 Å². The average Bonchev–Trinajstić information content (AvgIpc) is 3.65. The minimum Gasteiger partial charge on any atom is -0.478 e. The van der Waals surface area contributed by atoms with Crippen LogP contribution in [-0.4, -0.2) is 44.3 Å². The molecule has 1 aliphatic carbocycles. The van der Waals surface area contributed by atoms with Crippen molar-refractivity contribution >= 4 is 40.7 Å². The number of benzene rings is 1. The molecule has 0 saturated heterocycles. The Labute approximate surface area is 231 Å². The van der Waals surface area contributed by atoms with Gasteiger partial charge in [0, 0.05) is 29.0 Å². The predicted molar refractivity (Wildman–Crippen MR) is 140 cm³/mol. The molecule has 204 valence electrons. The van der Waals surface area contributed by atoms with Crippen LogP contribution in [0.1, 0.15) is 65.6 Å². The van der Waals surface area contributed by atoms with Crippen LogP contribution < -0.4 is 5.32 Å². The van der Waals surface area contributed by atoms with E-state index in [2.05, 4.69) is 20.4 Å². The Bertz CT molecular complexity index is 1460. The van der Waals surface area contributed by atoms with Crippen molar-refractivity contribution < 1.29 is 28.2 Å². The standard InChI is InChI=1S/C26H24ClF2N5O4S/c1-2-38-26(37)14-11-31-34(12-14)15-5-3-13(4-6-15)21-18(25(35)36)22(16-7-8-17(28)20(29)19(16)27)33-23(32-21)24-30-9-10-39-24/h7-13,15,22H,2-6H2,1H3,(H,32,33)(H,35,36). The van der Waals surface area contributed by atoms with Gasteiger partial charge in [0.1, 0.15) is 6.04 Å². The summed E-state index contributed by atoms with van der Waals surface area (Å²) in [5, 5.41) is 19.6. The molecule has 39 heavy (non-hydrogen) atoms. The highest BCUT2D eigenvalue weighted by molar-refractivity contribution is 7.11. The Morgan fingerprint density at radius 3 is 2.69 bits per heavy atom. The summed E-state index contributed by atoms with van der Waals surface area (Å²) in [6.07, 6.45) is 7.31. The third-order valence-electron chi connectivity index (χ3n) is 6.89. The number of nitrogens with zero attached hydrogens (tertiary/aromatic N) is 4. The van der Waals surface area contributed by atoms with E-state index in [1.54, 1.807) is 29.4 Å². The van der Waals surface area contributed by atoms with Crippen molar-refractivity contribution in [2.45, 2.75) is 44.7 Å². The number of hydrogen-bond acceptors (Lipinski definition) is 8. The lowest BCUT2D eigenvalue weighted by molar-refractivity contribution is -0.133. The maximum atomic E-state index is 14.4. The molecule has 0 radical (unpaired) electrons. The van der Waals surface area contributed by atoms with E-state index in [0.29, 0.717) is 47.8 Å². The molecule has 1 aromatic carbocycles. The van der Waals surface area contributed by atoms with E-state index >= 15 is 0 Å². The van der Waals surface area contributed by atoms with E-state index in [9.17, 15) is 23.5 Å². The summed E-state index contributed by atoms with van der Waals surface area (Å²) in [5.74, 6) is -3.92. The zero-order valence-electron chi connectivity index (χ0n) is 20.7. The molecule has 3 heterocycles. The molecule has 1 saturated carbocycles. The molecule has 1 atom stereocenters. The number of aliphatic carboxylic acids is 1. The first-order valence-corrected chi connectivity index (χ1v) is 13.6. The molecule has 0 amide bonds. The fourth-order valence-corrected chi connectivity index (χ4v) is 5.88.